The first-order valence-electron chi connectivity index (χ1n) is 6.81. The van der Waals surface area contributed by atoms with Crippen LogP contribution in [-0.4, -0.2) is 29.6 Å². The Morgan fingerprint density at radius 1 is 1.42 bits per heavy atom. The van der Waals surface area contributed by atoms with E-state index in [2.05, 4.69) is 47.1 Å². The smallest absolute Gasteiger partial charge is 0.222 e. The zero-order chi connectivity index (χ0) is 13.7. The van der Waals surface area contributed by atoms with Gasteiger partial charge < -0.3 is 4.90 Å². The van der Waals surface area contributed by atoms with Crippen molar-refractivity contribution in [3.05, 3.63) is 28.7 Å². The van der Waals surface area contributed by atoms with Crippen molar-refractivity contribution in [2.24, 2.45) is 5.92 Å². The molecule has 0 radical (unpaired) electrons. The van der Waals surface area contributed by atoms with Gasteiger partial charge in [-0.05, 0) is 48.8 Å². The first-order chi connectivity index (χ1) is 9.15. The molecule has 19 heavy (non-hydrogen) atoms. The molecule has 1 aliphatic heterocycles. The van der Waals surface area contributed by atoms with Crippen LogP contribution in [0, 0.1) is 5.92 Å². The van der Waals surface area contributed by atoms with Crippen LogP contribution in [0.25, 0.3) is 0 Å². The molecule has 0 aliphatic carbocycles. The largest absolute Gasteiger partial charge is 0.342 e. The van der Waals surface area contributed by atoms with E-state index in [1.807, 2.05) is 16.7 Å². The Hall–Kier alpha value is -0.480. The van der Waals surface area contributed by atoms with Gasteiger partial charge in [0.25, 0.3) is 0 Å². The van der Waals surface area contributed by atoms with Crippen molar-refractivity contribution in [2.45, 2.75) is 31.1 Å². The zero-order valence-corrected chi connectivity index (χ0v) is 13.7. The van der Waals surface area contributed by atoms with Gasteiger partial charge in [-0.15, -0.1) is 11.8 Å². The van der Waals surface area contributed by atoms with Crippen molar-refractivity contribution in [2.75, 3.05) is 18.8 Å². The molecule has 1 unspecified atom stereocenters. The summed E-state index contributed by atoms with van der Waals surface area (Å²) in [5.41, 5.74) is 0. The third-order valence-electron chi connectivity index (χ3n) is 3.39. The Morgan fingerprint density at radius 2 is 2.16 bits per heavy atom. The van der Waals surface area contributed by atoms with Crippen LogP contribution in [0.3, 0.4) is 0 Å². The zero-order valence-electron chi connectivity index (χ0n) is 11.3. The molecule has 2 nitrogen and oxygen atoms in total. The summed E-state index contributed by atoms with van der Waals surface area (Å²) in [5, 5.41) is 0. The number of nitrogens with zero attached hydrogens (tertiary/aromatic N) is 1. The first kappa shape index (κ1) is 14.9. The summed E-state index contributed by atoms with van der Waals surface area (Å²) >= 11 is 5.25. The van der Waals surface area contributed by atoms with E-state index in [4.69, 9.17) is 0 Å². The van der Waals surface area contributed by atoms with Crippen molar-refractivity contribution in [1.29, 1.82) is 0 Å². The Morgan fingerprint density at radius 3 is 2.79 bits per heavy atom. The lowest BCUT2D eigenvalue weighted by atomic mass is 10.2. The van der Waals surface area contributed by atoms with Crippen molar-refractivity contribution in [1.82, 2.24) is 4.90 Å². The lowest BCUT2D eigenvalue weighted by molar-refractivity contribution is -0.130. The second-order valence-corrected chi connectivity index (χ2v) is 7.22. The Labute approximate surface area is 128 Å². The fraction of sp³-hybridized carbons (Fsp3) is 0.533. The quantitative estimate of drug-likeness (QED) is 0.591. The molecule has 0 bridgehead atoms. The second-order valence-electron chi connectivity index (χ2n) is 5.14. The average Bonchev–Trinajstić information content (AvgIpc) is 2.83. The highest BCUT2D eigenvalue weighted by atomic mass is 79.9. The molecule has 1 amide bonds. The standard InChI is InChI=1S/C15H20BrNOS/c1-12-8-9-17(11-12)15(18)3-2-10-19-14-6-4-13(16)5-7-14/h4-7,12H,2-3,8-11H2,1H3. The summed E-state index contributed by atoms with van der Waals surface area (Å²) in [5.74, 6) is 2.03. The summed E-state index contributed by atoms with van der Waals surface area (Å²) in [4.78, 5) is 15.2. The lowest BCUT2D eigenvalue weighted by Crippen LogP contribution is -2.28. The predicted octanol–water partition coefficient (Wildman–Crippen LogP) is 4.19. The van der Waals surface area contributed by atoms with Gasteiger partial charge in [-0.1, -0.05) is 22.9 Å². The molecule has 0 saturated carbocycles. The minimum absolute atomic E-state index is 0.334. The van der Waals surface area contributed by atoms with Gasteiger partial charge in [-0.3, -0.25) is 4.79 Å². The van der Waals surface area contributed by atoms with Crippen LogP contribution < -0.4 is 0 Å². The van der Waals surface area contributed by atoms with Gasteiger partial charge in [0.1, 0.15) is 0 Å². The summed E-state index contributed by atoms with van der Waals surface area (Å²) in [6, 6.07) is 8.33. The van der Waals surface area contributed by atoms with Crippen LogP contribution in [0.2, 0.25) is 0 Å². The Kier molecular flexibility index (Phi) is 5.76. The molecule has 0 aromatic heterocycles. The fourth-order valence-corrected chi connectivity index (χ4v) is 3.38. The normalized spacial score (nSPS) is 18.8. The number of rotatable bonds is 5. The molecule has 1 heterocycles. The molecule has 1 saturated heterocycles. The molecule has 0 N–H and O–H groups in total. The van der Waals surface area contributed by atoms with E-state index < -0.39 is 0 Å². The SMILES string of the molecule is CC1CCN(C(=O)CCCSc2ccc(Br)cc2)C1. The highest BCUT2D eigenvalue weighted by Crippen LogP contribution is 2.22. The van der Waals surface area contributed by atoms with E-state index in [1.54, 1.807) is 0 Å². The van der Waals surface area contributed by atoms with E-state index in [0.717, 1.165) is 29.7 Å². The molecule has 0 spiro atoms. The Balaban J connectivity index is 1.64. The van der Waals surface area contributed by atoms with E-state index in [1.165, 1.54) is 11.3 Å². The number of benzene rings is 1. The molecule has 1 aliphatic rings. The van der Waals surface area contributed by atoms with Crippen LogP contribution in [0.15, 0.2) is 33.6 Å². The minimum Gasteiger partial charge on any atom is -0.342 e. The van der Waals surface area contributed by atoms with Crippen molar-refractivity contribution < 1.29 is 4.79 Å². The maximum atomic E-state index is 12.0. The number of carbonyl (C=O) groups is 1. The first-order valence-corrected chi connectivity index (χ1v) is 8.59. The minimum atomic E-state index is 0.334. The summed E-state index contributed by atoms with van der Waals surface area (Å²) in [7, 11) is 0. The maximum absolute atomic E-state index is 12.0. The molecule has 1 atom stereocenters. The van der Waals surface area contributed by atoms with Crippen molar-refractivity contribution in [3.63, 3.8) is 0 Å². The molecular formula is C15H20BrNOS. The van der Waals surface area contributed by atoms with E-state index in [-0.39, 0.29) is 0 Å². The predicted molar refractivity (Wildman–Crippen MR) is 84.5 cm³/mol. The third kappa shape index (κ3) is 4.84. The van der Waals surface area contributed by atoms with Gasteiger partial charge in [-0.25, -0.2) is 0 Å². The highest BCUT2D eigenvalue weighted by Gasteiger charge is 2.22. The Bertz CT molecular complexity index is 421. The number of hydrogen-bond donors (Lipinski definition) is 0. The summed E-state index contributed by atoms with van der Waals surface area (Å²) in [6.45, 7) is 4.13. The number of thioether (sulfide) groups is 1. The van der Waals surface area contributed by atoms with Crippen LogP contribution in [0.4, 0.5) is 0 Å². The second kappa shape index (κ2) is 7.34. The molecule has 4 heteroatoms. The third-order valence-corrected chi connectivity index (χ3v) is 5.02. The van der Waals surface area contributed by atoms with Crippen LogP contribution in [0.1, 0.15) is 26.2 Å². The molecular weight excluding hydrogens is 322 g/mol. The number of amides is 1. The van der Waals surface area contributed by atoms with E-state index >= 15 is 0 Å². The topological polar surface area (TPSA) is 20.3 Å². The molecule has 2 rings (SSSR count). The number of likely N-dealkylation sites (tertiary alicyclic amines) is 1. The van der Waals surface area contributed by atoms with Crippen molar-refractivity contribution in [3.8, 4) is 0 Å². The maximum Gasteiger partial charge on any atom is 0.222 e. The van der Waals surface area contributed by atoms with Gasteiger partial charge >= 0.3 is 0 Å². The molecule has 1 aromatic carbocycles. The fourth-order valence-electron chi connectivity index (χ4n) is 2.26. The summed E-state index contributed by atoms with van der Waals surface area (Å²) < 4.78 is 1.11. The number of carbonyl (C=O) groups excluding carboxylic acids is 1. The van der Waals surface area contributed by atoms with Crippen LogP contribution in [-0.2, 0) is 4.79 Å². The number of halogens is 1. The summed E-state index contributed by atoms with van der Waals surface area (Å²) in [6.07, 6.45) is 2.82. The van der Waals surface area contributed by atoms with Crippen molar-refractivity contribution >= 4 is 33.6 Å². The molecule has 1 fully saturated rings. The lowest BCUT2D eigenvalue weighted by Gasteiger charge is -2.15. The van der Waals surface area contributed by atoms with Gasteiger partial charge in [-0.2, -0.15) is 0 Å². The van der Waals surface area contributed by atoms with Gasteiger partial charge in [0.2, 0.25) is 5.91 Å². The highest BCUT2D eigenvalue weighted by molar-refractivity contribution is 9.10. The molecule has 104 valence electrons. The van der Waals surface area contributed by atoms with E-state index in [0.29, 0.717) is 18.2 Å². The van der Waals surface area contributed by atoms with Gasteiger partial charge in [0.15, 0.2) is 0 Å². The number of hydrogen-bond acceptors (Lipinski definition) is 2. The van der Waals surface area contributed by atoms with Gasteiger partial charge in [0.05, 0.1) is 0 Å². The van der Waals surface area contributed by atoms with Crippen LogP contribution >= 0.6 is 27.7 Å². The average molecular weight is 342 g/mol. The van der Waals surface area contributed by atoms with Gasteiger partial charge in [0, 0.05) is 28.9 Å². The molecule has 1 aromatic rings. The van der Waals surface area contributed by atoms with E-state index in [9.17, 15) is 4.79 Å². The van der Waals surface area contributed by atoms with Crippen LogP contribution in [0.5, 0.6) is 0 Å². The monoisotopic (exact) mass is 341 g/mol.